The minimum Gasteiger partial charge on any atom is -0.493 e. The van der Waals surface area contributed by atoms with Crippen LogP contribution in [0, 0.1) is 0 Å². The summed E-state index contributed by atoms with van der Waals surface area (Å²) in [6.45, 7) is 0.0326. The average Bonchev–Trinajstić information content (AvgIpc) is 2.91. The van der Waals surface area contributed by atoms with Gasteiger partial charge in [-0.15, -0.1) is 21.5 Å². The Morgan fingerprint density at radius 2 is 2.05 bits per heavy atom. The molecular formula is C15H14FN3OS. The first-order chi connectivity index (χ1) is 10.3. The van der Waals surface area contributed by atoms with Crippen LogP contribution in [0.25, 0.3) is 20.7 Å². The van der Waals surface area contributed by atoms with Gasteiger partial charge in [-0.2, -0.15) is 0 Å². The number of ether oxygens (including phenoxy) is 1. The van der Waals surface area contributed by atoms with E-state index in [4.69, 9.17) is 10.5 Å². The van der Waals surface area contributed by atoms with E-state index in [1.54, 1.807) is 17.4 Å². The average molecular weight is 303 g/mol. The number of fused-ring (bicyclic) bond motifs is 1. The lowest BCUT2D eigenvalue weighted by atomic mass is 10.2. The van der Waals surface area contributed by atoms with Gasteiger partial charge in [0.2, 0.25) is 0 Å². The van der Waals surface area contributed by atoms with E-state index in [1.165, 1.54) is 0 Å². The Morgan fingerprint density at radius 3 is 2.81 bits per heavy atom. The predicted octanol–water partition coefficient (Wildman–Crippen LogP) is 3.68. The summed E-state index contributed by atoms with van der Waals surface area (Å²) in [4.78, 5) is 1.03. The zero-order valence-corrected chi connectivity index (χ0v) is 12.1. The highest BCUT2D eigenvalue weighted by Crippen LogP contribution is 2.34. The highest BCUT2D eigenvalue weighted by Gasteiger charge is 2.07. The summed E-state index contributed by atoms with van der Waals surface area (Å²) in [5.41, 5.74) is 6.34. The summed E-state index contributed by atoms with van der Waals surface area (Å²) in [6.07, 6.45) is 0.411. The van der Waals surface area contributed by atoms with Gasteiger partial charge in [0.05, 0.1) is 18.2 Å². The molecule has 108 valence electrons. The highest BCUT2D eigenvalue weighted by molar-refractivity contribution is 7.22. The van der Waals surface area contributed by atoms with Crippen molar-refractivity contribution in [2.24, 2.45) is 0 Å². The van der Waals surface area contributed by atoms with E-state index >= 15 is 0 Å². The van der Waals surface area contributed by atoms with Gasteiger partial charge in [0, 0.05) is 11.1 Å². The fraction of sp³-hybridized carbons (Fsp3) is 0.200. The van der Waals surface area contributed by atoms with E-state index in [-0.39, 0.29) is 6.67 Å². The second-order valence-corrected chi connectivity index (χ2v) is 5.63. The monoisotopic (exact) mass is 303 g/mol. The molecule has 2 N–H and O–H groups in total. The zero-order valence-electron chi connectivity index (χ0n) is 11.3. The summed E-state index contributed by atoms with van der Waals surface area (Å²) < 4.78 is 18.7. The summed E-state index contributed by atoms with van der Waals surface area (Å²) in [5, 5.41) is 9.07. The number of nitrogen functional groups attached to an aromatic ring is 1. The largest absolute Gasteiger partial charge is 0.493 e. The van der Waals surface area contributed by atoms with E-state index in [0.29, 0.717) is 18.8 Å². The molecule has 0 spiro atoms. The van der Waals surface area contributed by atoms with Crippen molar-refractivity contribution >= 4 is 27.2 Å². The van der Waals surface area contributed by atoms with Gasteiger partial charge in [-0.3, -0.25) is 4.39 Å². The van der Waals surface area contributed by atoms with Gasteiger partial charge in [0.25, 0.3) is 0 Å². The third-order valence-corrected chi connectivity index (χ3v) is 4.10. The van der Waals surface area contributed by atoms with Crippen molar-refractivity contribution in [1.29, 1.82) is 0 Å². The molecular weight excluding hydrogens is 289 g/mol. The maximum atomic E-state index is 12.1. The highest BCUT2D eigenvalue weighted by atomic mass is 32.1. The van der Waals surface area contributed by atoms with Crippen LogP contribution in [-0.4, -0.2) is 23.5 Å². The van der Waals surface area contributed by atoms with Crippen LogP contribution in [0.5, 0.6) is 5.75 Å². The van der Waals surface area contributed by atoms with Crippen LogP contribution in [-0.2, 0) is 0 Å². The van der Waals surface area contributed by atoms with E-state index in [2.05, 4.69) is 16.3 Å². The molecule has 0 saturated heterocycles. The predicted molar refractivity (Wildman–Crippen MR) is 83.4 cm³/mol. The molecule has 0 saturated carbocycles. The molecule has 6 heteroatoms. The molecule has 0 fully saturated rings. The van der Waals surface area contributed by atoms with Crippen molar-refractivity contribution in [3.05, 3.63) is 36.4 Å². The van der Waals surface area contributed by atoms with Crippen molar-refractivity contribution in [3.63, 3.8) is 0 Å². The van der Waals surface area contributed by atoms with Gasteiger partial charge in [-0.05, 0) is 41.8 Å². The summed E-state index contributed by atoms with van der Waals surface area (Å²) in [6, 6.07) is 11.5. The number of rotatable bonds is 5. The zero-order chi connectivity index (χ0) is 14.7. The molecule has 1 aromatic carbocycles. The van der Waals surface area contributed by atoms with Crippen LogP contribution < -0.4 is 10.5 Å². The lowest BCUT2D eigenvalue weighted by molar-refractivity contribution is 0.290. The number of anilines is 1. The van der Waals surface area contributed by atoms with Crippen LogP contribution in [0.2, 0.25) is 0 Å². The number of hydrogen-bond donors (Lipinski definition) is 1. The Kier molecular flexibility index (Phi) is 3.96. The lowest BCUT2D eigenvalue weighted by Crippen LogP contribution is -1.97. The Balaban J connectivity index is 1.87. The molecule has 2 heterocycles. The van der Waals surface area contributed by atoms with Crippen molar-refractivity contribution in [1.82, 2.24) is 10.2 Å². The molecule has 0 amide bonds. The van der Waals surface area contributed by atoms with E-state index in [0.717, 1.165) is 26.4 Å². The van der Waals surface area contributed by atoms with Crippen LogP contribution in [0.3, 0.4) is 0 Å². The first kappa shape index (κ1) is 13.8. The molecule has 0 atom stereocenters. The molecule has 21 heavy (non-hydrogen) atoms. The molecule has 0 aliphatic carbocycles. The molecule has 0 aliphatic heterocycles. The van der Waals surface area contributed by atoms with E-state index in [1.807, 2.05) is 24.3 Å². The minimum absolute atomic E-state index is 0.360. The molecule has 0 aliphatic rings. The van der Waals surface area contributed by atoms with Crippen LogP contribution in [0.15, 0.2) is 36.4 Å². The Bertz CT molecular complexity index is 742. The second kappa shape index (κ2) is 6.05. The van der Waals surface area contributed by atoms with Gasteiger partial charge >= 0.3 is 0 Å². The molecule has 4 nitrogen and oxygen atoms in total. The number of alkyl halides is 1. The third-order valence-electron chi connectivity index (χ3n) is 2.98. The normalized spacial score (nSPS) is 10.9. The molecule has 0 radical (unpaired) electrons. The van der Waals surface area contributed by atoms with Gasteiger partial charge in [0.15, 0.2) is 0 Å². The fourth-order valence-electron chi connectivity index (χ4n) is 1.95. The summed E-state index contributed by atoms with van der Waals surface area (Å²) in [5.74, 6) is 1.16. The number of hydrogen-bond acceptors (Lipinski definition) is 5. The first-order valence-electron chi connectivity index (χ1n) is 6.58. The smallest absolute Gasteiger partial charge is 0.146 e. The molecule has 0 bridgehead atoms. The van der Waals surface area contributed by atoms with Gasteiger partial charge < -0.3 is 10.5 Å². The maximum Gasteiger partial charge on any atom is 0.146 e. The molecule has 0 unspecified atom stereocenters. The van der Waals surface area contributed by atoms with Gasteiger partial charge in [-0.1, -0.05) is 0 Å². The van der Waals surface area contributed by atoms with Gasteiger partial charge in [-0.25, -0.2) is 0 Å². The molecule has 2 aromatic heterocycles. The molecule has 3 aromatic rings. The minimum atomic E-state index is -0.360. The van der Waals surface area contributed by atoms with Crippen molar-refractivity contribution < 1.29 is 9.13 Å². The number of nitrogens with zero attached hydrogens (tertiary/aromatic N) is 2. The number of halogens is 1. The van der Waals surface area contributed by atoms with Crippen LogP contribution in [0.1, 0.15) is 6.42 Å². The molecule has 3 rings (SSSR count). The lowest BCUT2D eigenvalue weighted by Gasteiger charge is -2.03. The number of benzene rings is 1. The van der Waals surface area contributed by atoms with Crippen molar-refractivity contribution in [3.8, 4) is 16.3 Å². The van der Waals surface area contributed by atoms with E-state index in [9.17, 15) is 4.39 Å². The number of aromatic nitrogens is 2. The topological polar surface area (TPSA) is 61.0 Å². The number of thiophene rings is 1. The Hall–Kier alpha value is -2.21. The Labute approximate surface area is 125 Å². The van der Waals surface area contributed by atoms with Crippen LogP contribution in [0.4, 0.5) is 10.2 Å². The summed E-state index contributed by atoms with van der Waals surface area (Å²) in [7, 11) is 0. The third kappa shape index (κ3) is 3.11. The van der Waals surface area contributed by atoms with Gasteiger partial charge in [0.1, 0.15) is 17.3 Å². The van der Waals surface area contributed by atoms with Crippen molar-refractivity contribution in [2.45, 2.75) is 6.42 Å². The fourth-order valence-corrected chi connectivity index (χ4v) is 3.00. The maximum absolute atomic E-state index is 12.1. The van der Waals surface area contributed by atoms with Crippen molar-refractivity contribution in [2.75, 3.05) is 19.0 Å². The standard InChI is InChI=1S/C15H14FN3OS/c16-6-1-7-20-11-3-2-10-8-14(21-13(10)9-11)12-4-5-15(17)19-18-12/h2-5,8-9H,1,6-7H2,(H2,17,19). The quantitative estimate of drug-likeness (QED) is 0.730. The SMILES string of the molecule is Nc1ccc(-c2cc3ccc(OCCCF)cc3s2)nn1. The first-order valence-corrected chi connectivity index (χ1v) is 7.40. The summed E-state index contributed by atoms with van der Waals surface area (Å²) >= 11 is 1.61. The van der Waals surface area contributed by atoms with E-state index < -0.39 is 0 Å². The number of nitrogens with two attached hydrogens (primary N) is 1. The Morgan fingerprint density at radius 1 is 1.14 bits per heavy atom. The second-order valence-electron chi connectivity index (χ2n) is 4.54. The van der Waals surface area contributed by atoms with Crippen LogP contribution >= 0.6 is 11.3 Å².